The molecule has 2 aromatic rings. The maximum absolute atomic E-state index is 9.07. The van der Waals surface area contributed by atoms with Gasteiger partial charge >= 0.3 is 0 Å². The first-order valence-corrected chi connectivity index (χ1v) is 6.72. The molecule has 1 heterocycles. The predicted molar refractivity (Wildman–Crippen MR) is 79.5 cm³/mol. The summed E-state index contributed by atoms with van der Waals surface area (Å²) in [6.07, 6.45) is 3.59. The molecule has 0 radical (unpaired) electrons. The Morgan fingerprint density at radius 3 is 2.24 bits per heavy atom. The smallest absolute Gasteiger partial charge is 0.183 e. The van der Waals surface area contributed by atoms with E-state index >= 15 is 0 Å². The fourth-order valence-corrected chi connectivity index (χ4v) is 2.36. The highest BCUT2D eigenvalue weighted by molar-refractivity contribution is 5.34. The molecule has 0 aliphatic rings. The topological polar surface area (TPSA) is 55.1 Å². The van der Waals surface area contributed by atoms with E-state index in [1.54, 1.807) is 20.4 Å². The van der Waals surface area contributed by atoms with Crippen molar-refractivity contribution in [2.24, 2.45) is 0 Å². The zero-order valence-electron chi connectivity index (χ0n) is 12.2. The second kappa shape index (κ2) is 7.53. The van der Waals surface area contributed by atoms with Crippen molar-refractivity contribution in [1.82, 2.24) is 4.98 Å². The van der Waals surface area contributed by atoms with E-state index in [1.807, 2.05) is 42.6 Å². The lowest BCUT2D eigenvalue weighted by molar-refractivity contribution is -0.106. The maximum Gasteiger partial charge on any atom is 0.183 e. The largest absolute Gasteiger partial charge is 0.352 e. The van der Waals surface area contributed by atoms with Crippen LogP contribution < -0.4 is 0 Å². The number of nitriles is 1. The molecular weight excluding hydrogens is 264 g/mol. The van der Waals surface area contributed by atoms with Crippen molar-refractivity contribution in [3.63, 3.8) is 0 Å². The molecule has 108 valence electrons. The quantitative estimate of drug-likeness (QED) is 0.762. The Morgan fingerprint density at radius 2 is 1.71 bits per heavy atom. The van der Waals surface area contributed by atoms with E-state index in [1.165, 1.54) is 0 Å². The number of hydrogen-bond donors (Lipinski definition) is 0. The summed E-state index contributed by atoms with van der Waals surface area (Å²) < 4.78 is 10.5. The van der Waals surface area contributed by atoms with Crippen LogP contribution in [0.5, 0.6) is 0 Å². The number of ether oxygens (including phenoxy) is 2. The zero-order chi connectivity index (χ0) is 15.1. The van der Waals surface area contributed by atoms with Crippen LogP contribution in [0.1, 0.15) is 35.3 Å². The molecular formula is C17H18N2O2. The number of benzene rings is 1. The van der Waals surface area contributed by atoms with Crippen molar-refractivity contribution < 1.29 is 9.47 Å². The predicted octanol–water partition coefficient (Wildman–Crippen LogP) is 3.42. The Labute approximate surface area is 125 Å². The summed E-state index contributed by atoms with van der Waals surface area (Å²) >= 11 is 0. The number of pyridine rings is 1. The molecule has 0 saturated heterocycles. The van der Waals surface area contributed by atoms with Gasteiger partial charge in [-0.05, 0) is 17.2 Å². The molecule has 1 aromatic heterocycles. The van der Waals surface area contributed by atoms with Crippen molar-refractivity contribution >= 4 is 0 Å². The van der Waals surface area contributed by atoms with Crippen LogP contribution in [0.25, 0.3) is 0 Å². The molecule has 1 aromatic carbocycles. The van der Waals surface area contributed by atoms with Crippen LogP contribution in [0.2, 0.25) is 0 Å². The van der Waals surface area contributed by atoms with E-state index in [0.29, 0.717) is 6.42 Å². The summed E-state index contributed by atoms with van der Waals surface area (Å²) in [5.41, 5.74) is 3.08. The van der Waals surface area contributed by atoms with Crippen LogP contribution in [0.4, 0.5) is 0 Å². The molecule has 4 nitrogen and oxygen atoms in total. The van der Waals surface area contributed by atoms with Gasteiger partial charge in [-0.3, -0.25) is 4.98 Å². The van der Waals surface area contributed by atoms with Crippen LogP contribution in [0.3, 0.4) is 0 Å². The highest BCUT2D eigenvalue weighted by Crippen LogP contribution is 2.28. The Balaban J connectivity index is 2.28. The van der Waals surface area contributed by atoms with Gasteiger partial charge in [0, 0.05) is 44.5 Å². The molecule has 0 spiro atoms. The van der Waals surface area contributed by atoms with E-state index < -0.39 is 0 Å². The number of methoxy groups -OCH3 is 2. The van der Waals surface area contributed by atoms with Crippen LogP contribution in [-0.2, 0) is 9.47 Å². The minimum atomic E-state index is -0.369. The minimum Gasteiger partial charge on any atom is -0.352 e. The summed E-state index contributed by atoms with van der Waals surface area (Å²) in [6.45, 7) is 0. The Kier molecular flexibility index (Phi) is 5.44. The molecule has 0 saturated carbocycles. The van der Waals surface area contributed by atoms with Crippen LogP contribution in [0, 0.1) is 11.3 Å². The number of rotatable bonds is 6. The first-order chi connectivity index (χ1) is 10.3. The standard InChI is InChI=1S/C17H18N2O2/c1-20-17(21-2)14-7-5-13(6-8-14)16(9-10-18)15-4-3-11-19-12-15/h3-8,11-12,16-17H,9H2,1-2H3. The molecule has 0 bridgehead atoms. The van der Waals surface area contributed by atoms with Gasteiger partial charge in [0.15, 0.2) is 6.29 Å². The SMILES string of the molecule is COC(OC)c1ccc(C(CC#N)c2cccnc2)cc1. The number of aromatic nitrogens is 1. The number of nitrogens with zero attached hydrogens (tertiary/aromatic N) is 2. The highest BCUT2D eigenvalue weighted by Gasteiger charge is 2.15. The maximum atomic E-state index is 9.07. The van der Waals surface area contributed by atoms with Gasteiger partial charge in [-0.1, -0.05) is 30.3 Å². The van der Waals surface area contributed by atoms with Gasteiger partial charge in [-0.25, -0.2) is 0 Å². The van der Waals surface area contributed by atoms with Gasteiger partial charge in [0.1, 0.15) is 0 Å². The van der Waals surface area contributed by atoms with Gasteiger partial charge in [0.25, 0.3) is 0 Å². The fourth-order valence-electron chi connectivity index (χ4n) is 2.36. The fraction of sp³-hybridized carbons (Fsp3) is 0.294. The third-order valence-corrected chi connectivity index (χ3v) is 3.42. The van der Waals surface area contributed by atoms with E-state index in [-0.39, 0.29) is 12.2 Å². The van der Waals surface area contributed by atoms with Crippen molar-refractivity contribution in [2.75, 3.05) is 14.2 Å². The van der Waals surface area contributed by atoms with Gasteiger partial charge in [-0.2, -0.15) is 5.26 Å². The Morgan fingerprint density at radius 1 is 1.05 bits per heavy atom. The number of hydrogen-bond acceptors (Lipinski definition) is 4. The second-order valence-electron chi connectivity index (χ2n) is 4.67. The van der Waals surface area contributed by atoms with Crippen molar-refractivity contribution in [3.05, 3.63) is 65.5 Å². The summed E-state index contributed by atoms with van der Waals surface area (Å²) in [5.74, 6) is 0.0290. The molecule has 2 rings (SSSR count). The van der Waals surface area contributed by atoms with Gasteiger partial charge in [0.05, 0.1) is 6.07 Å². The van der Waals surface area contributed by atoms with E-state index in [0.717, 1.165) is 16.7 Å². The summed E-state index contributed by atoms with van der Waals surface area (Å²) in [4.78, 5) is 4.14. The average molecular weight is 282 g/mol. The van der Waals surface area contributed by atoms with Gasteiger partial charge in [0.2, 0.25) is 0 Å². The molecule has 0 fully saturated rings. The van der Waals surface area contributed by atoms with Crippen LogP contribution in [-0.4, -0.2) is 19.2 Å². The minimum absolute atomic E-state index is 0.0290. The average Bonchev–Trinajstić information content (AvgIpc) is 2.55. The first kappa shape index (κ1) is 15.2. The third-order valence-electron chi connectivity index (χ3n) is 3.42. The molecule has 0 aliphatic carbocycles. The normalized spacial score (nSPS) is 12.1. The van der Waals surface area contributed by atoms with Crippen molar-refractivity contribution in [3.8, 4) is 6.07 Å². The lowest BCUT2D eigenvalue weighted by Crippen LogP contribution is -2.05. The van der Waals surface area contributed by atoms with Gasteiger partial charge < -0.3 is 9.47 Å². The Bertz CT molecular complexity index is 586. The lowest BCUT2D eigenvalue weighted by Gasteiger charge is -2.17. The summed E-state index contributed by atoms with van der Waals surface area (Å²) in [7, 11) is 3.21. The monoisotopic (exact) mass is 282 g/mol. The zero-order valence-corrected chi connectivity index (χ0v) is 12.2. The first-order valence-electron chi connectivity index (χ1n) is 6.72. The summed E-state index contributed by atoms with van der Waals surface area (Å²) in [5, 5.41) is 9.07. The lowest BCUT2D eigenvalue weighted by atomic mass is 9.89. The highest BCUT2D eigenvalue weighted by atomic mass is 16.7. The molecule has 21 heavy (non-hydrogen) atoms. The molecule has 0 amide bonds. The molecule has 0 N–H and O–H groups in total. The second-order valence-corrected chi connectivity index (χ2v) is 4.67. The molecule has 1 unspecified atom stereocenters. The third kappa shape index (κ3) is 3.66. The molecule has 1 atom stereocenters. The summed E-state index contributed by atoms with van der Waals surface area (Å²) in [6, 6.07) is 14.1. The van der Waals surface area contributed by atoms with Crippen LogP contribution in [0.15, 0.2) is 48.8 Å². The van der Waals surface area contributed by atoms with Crippen molar-refractivity contribution in [1.29, 1.82) is 5.26 Å². The van der Waals surface area contributed by atoms with E-state index in [9.17, 15) is 0 Å². The van der Waals surface area contributed by atoms with Crippen molar-refractivity contribution in [2.45, 2.75) is 18.6 Å². The van der Waals surface area contributed by atoms with Gasteiger partial charge in [-0.15, -0.1) is 0 Å². The Hall–Kier alpha value is -2.22. The van der Waals surface area contributed by atoms with E-state index in [2.05, 4.69) is 11.1 Å². The van der Waals surface area contributed by atoms with Crippen LogP contribution >= 0.6 is 0 Å². The molecule has 0 aliphatic heterocycles. The van der Waals surface area contributed by atoms with E-state index in [4.69, 9.17) is 14.7 Å². The molecule has 4 heteroatoms.